The molecule has 0 saturated heterocycles. The van der Waals surface area contributed by atoms with Crippen molar-refractivity contribution in [1.29, 1.82) is 0 Å². The normalized spacial score (nSPS) is 12.2. The molecule has 176 valence electrons. The number of hydrogen-bond acceptors (Lipinski definition) is 7. The molecule has 2 heterocycles. The number of aliphatic hydroxyl groups excluding tert-OH is 1. The molecule has 0 fully saturated rings. The summed E-state index contributed by atoms with van der Waals surface area (Å²) in [6, 6.07) is 7.70. The topological polar surface area (TPSA) is 96.1 Å². The van der Waals surface area contributed by atoms with E-state index in [1.807, 2.05) is 45.0 Å². The Hall–Kier alpha value is -2.67. The van der Waals surface area contributed by atoms with Crippen LogP contribution < -0.4 is 10.6 Å². The minimum Gasteiger partial charge on any atom is -0.436 e. The van der Waals surface area contributed by atoms with E-state index in [4.69, 9.17) is 9.40 Å². The van der Waals surface area contributed by atoms with Crippen LogP contribution in [0.15, 0.2) is 28.7 Å². The van der Waals surface area contributed by atoms with Gasteiger partial charge < -0.3 is 20.2 Å². The Morgan fingerprint density at radius 3 is 2.41 bits per heavy atom. The molecule has 3 rings (SSSR count). The quantitative estimate of drug-likeness (QED) is 0.380. The first-order chi connectivity index (χ1) is 15.3. The average molecular weight is 442 g/mol. The Labute approximate surface area is 192 Å². The molecule has 1 atom stereocenters. The second-order valence-corrected chi connectivity index (χ2v) is 8.93. The third kappa shape index (κ3) is 6.92. The van der Waals surface area contributed by atoms with Crippen LogP contribution >= 0.6 is 0 Å². The van der Waals surface area contributed by atoms with Gasteiger partial charge in [-0.3, -0.25) is 0 Å². The number of aliphatic hydroxyl groups is 1. The molecule has 0 saturated carbocycles. The molecule has 32 heavy (non-hydrogen) atoms. The summed E-state index contributed by atoms with van der Waals surface area (Å²) in [7, 11) is 0. The number of rotatable bonds is 9. The first-order valence-corrected chi connectivity index (χ1v) is 11.6. The molecular weight excluding hydrogens is 402 g/mol. The van der Waals surface area contributed by atoms with Gasteiger partial charge in [0.25, 0.3) is 0 Å². The van der Waals surface area contributed by atoms with Crippen molar-refractivity contribution < 1.29 is 9.52 Å². The maximum absolute atomic E-state index is 9.48. The number of fused-ring (bicyclic) bond motifs is 1. The maximum Gasteiger partial charge on any atom is 0.232 e. The lowest BCUT2D eigenvalue weighted by Gasteiger charge is -2.20. The monoisotopic (exact) mass is 441 g/mol. The van der Waals surface area contributed by atoms with Crippen molar-refractivity contribution in [3.63, 3.8) is 0 Å². The molecule has 0 aliphatic heterocycles. The number of anilines is 2. The van der Waals surface area contributed by atoms with Crippen LogP contribution in [-0.2, 0) is 0 Å². The highest BCUT2D eigenvalue weighted by atomic mass is 16.3. The summed E-state index contributed by atoms with van der Waals surface area (Å²) in [5.74, 6) is 2.05. The first-order valence-electron chi connectivity index (χ1n) is 11.6. The van der Waals surface area contributed by atoms with Crippen molar-refractivity contribution in [2.75, 3.05) is 30.3 Å². The molecule has 0 radical (unpaired) electrons. The number of nitrogens with one attached hydrogen (secondary N) is 2. The van der Waals surface area contributed by atoms with E-state index in [0.717, 1.165) is 41.7 Å². The first kappa shape index (κ1) is 25.6. The third-order valence-electron chi connectivity index (χ3n) is 5.06. The summed E-state index contributed by atoms with van der Waals surface area (Å²) in [6.45, 7) is 16.2. The minimum atomic E-state index is 0.110. The highest BCUT2D eigenvalue weighted by Gasteiger charge is 2.20. The van der Waals surface area contributed by atoms with Crippen LogP contribution in [-0.4, -0.2) is 39.8 Å². The largest absolute Gasteiger partial charge is 0.436 e. The number of oxazole rings is 1. The Morgan fingerprint density at radius 1 is 1.06 bits per heavy atom. The van der Waals surface area contributed by atoms with E-state index >= 15 is 0 Å². The van der Waals surface area contributed by atoms with Gasteiger partial charge in [-0.05, 0) is 36.8 Å². The fourth-order valence-corrected chi connectivity index (χ4v) is 3.18. The van der Waals surface area contributed by atoms with E-state index in [0.29, 0.717) is 24.2 Å². The number of nitrogens with zero attached hydrogens (tertiary/aromatic N) is 3. The number of para-hydroxylation sites is 2. The average Bonchev–Trinajstić information content (AvgIpc) is 3.19. The standard InChI is InChI=1S/C23H33N5O2.C2H6/c1-6-16(13-29)11-12-24-20-19(21-27-17-9-7-8-10-18(17)30-21)15(2)26-22(28-20)25-14-23(3,4)5;1-2/h7-10,16,29H,6,11-14H2,1-5H3,(H2,24,25,26,28);1-2H3. The van der Waals surface area contributed by atoms with Gasteiger partial charge >= 0.3 is 0 Å². The van der Waals surface area contributed by atoms with E-state index in [-0.39, 0.29) is 17.9 Å². The highest BCUT2D eigenvalue weighted by Crippen LogP contribution is 2.32. The molecule has 7 heteroatoms. The van der Waals surface area contributed by atoms with Crippen molar-refractivity contribution >= 4 is 22.9 Å². The van der Waals surface area contributed by atoms with E-state index in [2.05, 4.69) is 48.3 Å². The molecule has 7 nitrogen and oxygen atoms in total. The number of benzene rings is 1. The van der Waals surface area contributed by atoms with Crippen LogP contribution in [0.3, 0.4) is 0 Å². The van der Waals surface area contributed by atoms with E-state index < -0.39 is 0 Å². The summed E-state index contributed by atoms with van der Waals surface area (Å²) in [6.07, 6.45) is 1.80. The third-order valence-corrected chi connectivity index (χ3v) is 5.06. The second-order valence-electron chi connectivity index (χ2n) is 8.93. The van der Waals surface area contributed by atoms with Gasteiger partial charge in [-0.2, -0.15) is 4.98 Å². The summed E-state index contributed by atoms with van der Waals surface area (Å²) in [4.78, 5) is 14.0. The molecule has 3 aromatic rings. The van der Waals surface area contributed by atoms with Crippen molar-refractivity contribution in [3.05, 3.63) is 30.0 Å². The lowest BCUT2D eigenvalue weighted by atomic mass is 9.97. The Kier molecular flexibility index (Phi) is 9.44. The van der Waals surface area contributed by atoms with Gasteiger partial charge in [-0.25, -0.2) is 9.97 Å². The SMILES string of the molecule is CC.CCC(CO)CCNc1nc(NCC(C)(C)C)nc(C)c1-c1nc2ccccc2o1. The van der Waals surface area contributed by atoms with Crippen LogP contribution in [0.1, 0.15) is 60.1 Å². The molecule has 0 spiro atoms. The number of hydrogen-bond donors (Lipinski definition) is 3. The maximum atomic E-state index is 9.48. The van der Waals surface area contributed by atoms with Crippen LogP contribution in [0.4, 0.5) is 11.8 Å². The Morgan fingerprint density at radius 2 is 1.78 bits per heavy atom. The van der Waals surface area contributed by atoms with Crippen LogP contribution in [0.25, 0.3) is 22.6 Å². The fourth-order valence-electron chi connectivity index (χ4n) is 3.18. The predicted octanol–water partition coefficient (Wildman–Crippen LogP) is 5.90. The molecule has 0 bridgehead atoms. The molecular formula is C25H39N5O2. The zero-order valence-electron chi connectivity index (χ0n) is 20.6. The van der Waals surface area contributed by atoms with Gasteiger partial charge in [0.2, 0.25) is 11.8 Å². The van der Waals surface area contributed by atoms with Crippen LogP contribution in [0.2, 0.25) is 0 Å². The summed E-state index contributed by atoms with van der Waals surface area (Å²) < 4.78 is 6.01. The Balaban J connectivity index is 0.00000176. The molecule has 2 aromatic heterocycles. The lowest BCUT2D eigenvalue weighted by Crippen LogP contribution is -2.21. The zero-order valence-corrected chi connectivity index (χ0v) is 20.6. The van der Waals surface area contributed by atoms with Gasteiger partial charge in [-0.15, -0.1) is 0 Å². The molecule has 0 aliphatic rings. The Bertz CT molecular complexity index is 941. The molecule has 1 aromatic carbocycles. The van der Waals surface area contributed by atoms with Crippen LogP contribution in [0, 0.1) is 18.3 Å². The summed E-state index contributed by atoms with van der Waals surface area (Å²) in [5.41, 5.74) is 3.21. The summed E-state index contributed by atoms with van der Waals surface area (Å²) in [5, 5.41) is 16.3. The second kappa shape index (κ2) is 11.8. The van der Waals surface area contributed by atoms with Crippen molar-refractivity contribution in [1.82, 2.24) is 15.0 Å². The van der Waals surface area contributed by atoms with Gasteiger partial charge in [0.05, 0.1) is 5.69 Å². The van der Waals surface area contributed by atoms with Crippen LogP contribution in [0.5, 0.6) is 0 Å². The van der Waals surface area contributed by atoms with Gasteiger partial charge in [0.15, 0.2) is 5.58 Å². The number of aryl methyl sites for hydroxylation is 1. The van der Waals surface area contributed by atoms with Crippen molar-refractivity contribution in [3.8, 4) is 11.5 Å². The fraction of sp³-hybridized carbons (Fsp3) is 0.560. The van der Waals surface area contributed by atoms with Gasteiger partial charge in [0.1, 0.15) is 16.9 Å². The zero-order chi connectivity index (χ0) is 23.7. The predicted molar refractivity (Wildman–Crippen MR) is 133 cm³/mol. The lowest BCUT2D eigenvalue weighted by molar-refractivity contribution is 0.217. The van der Waals surface area contributed by atoms with Crippen molar-refractivity contribution in [2.45, 2.75) is 61.3 Å². The molecule has 1 unspecified atom stereocenters. The molecule has 0 amide bonds. The van der Waals surface area contributed by atoms with Crippen molar-refractivity contribution in [2.24, 2.45) is 11.3 Å². The van der Waals surface area contributed by atoms with E-state index in [1.165, 1.54) is 0 Å². The molecule has 3 N–H and O–H groups in total. The van der Waals surface area contributed by atoms with Gasteiger partial charge in [-0.1, -0.05) is 60.1 Å². The summed E-state index contributed by atoms with van der Waals surface area (Å²) >= 11 is 0. The van der Waals surface area contributed by atoms with E-state index in [9.17, 15) is 5.11 Å². The number of aromatic nitrogens is 3. The highest BCUT2D eigenvalue weighted by molar-refractivity contribution is 5.80. The minimum absolute atomic E-state index is 0.110. The van der Waals surface area contributed by atoms with E-state index in [1.54, 1.807) is 0 Å². The molecule has 0 aliphatic carbocycles. The smallest absolute Gasteiger partial charge is 0.232 e. The van der Waals surface area contributed by atoms with Gasteiger partial charge in [0, 0.05) is 19.7 Å².